The van der Waals surface area contributed by atoms with Crippen molar-refractivity contribution in [3.05, 3.63) is 124 Å². The molecule has 8 nitrogen and oxygen atoms in total. The highest BCUT2D eigenvalue weighted by molar-refractivity contribution is 7.92. The molecule has 0 aliphatic rings. The minimum absolute atomic E-state index is 0.0116. The number of sulfonamides is 1. The first-order valence-corrected chi connectivity index (χ1v) is 16.5. The standard InChI is InChI=1S/C34H35Cl2N3O5S/c1-4-44-28-15-17-29(18-16-28)45(42,43)39(27-13-10-24(2)11-14-27)23-33(40)38(22-26-12-19-30(35)31(36)20-26)32(34(41)37-3)21-25-8-6-5-7-9-25/h5-20,32H,4,21-23H2,1-3H3,(H,37,41)/t32-/m1/s1. The van der Waals surface area contributed by atoms with E-state index < -0.39 is 34.4 Å². The van der Waals surface area contributed by atoms with Crippen molar-refractivity contribution in [2.24, 2.45) is 0 Å². The number of hydrogen-bond donors (Lipinski definition) is 1. The van der Waals surface area contributed by atoms with Crippen LogP contribution in [-0.4, -0.2) is 51.4 Å². The second kappa shape index (κ2) is 15.3. The Kier molecular flexibility index (Phi) is 11.5. The molecular formula is C34H35Cl2N3O5S. The third kappa shape index (κ3) is 8.57. The van der Waals surface area contributed by atoms with E-state index in [1.54, 1.807) is 54.6 Å². The average molecular weight is 669 g/mol. The number of hydrogen-bond acceptors (Lipinski definition) is 5. The lowest BCUT2D eigenvalue weighted by molar-refractivity contribution is -0.139. The van der Waals surface area contributed by atoms with Crippen LogP contribution in [0.25, 0.3) is 0 Å². The van der Waals surface area contributed by atoms with E-state index in [1.165, 1.54) is 24.1 Å². The number of halogens is 2. The number of benzene rings is 4. The average Bonchev–Trinajstić information content (AvgIpc) is 3.04. The quantitative estimate of drug-likeness (QED) is 0.181. The zero-order chi connectivity index (χ0) is 32.6. The molecule has 0 aliphatic carbocycles. The highest BCUT2D eigenvalue weighted by Gasteiger charge is 2.34. The molecule has 236 valence electrons. The molecule has 0 saturated carbocycles. The van der Waals surface area contributed by atoms with Crippen LogP contribution in [0.1, 0.15) is 23.6 Å². The number of carbonyl (C=O) groups is 2. The number of aryl methyl sites for hydroxylation is 1. The van der Waals surface area contributed by atoms with Gasteiger partial charge in [-0.3, -0.25) is 13.9 Å². The SMILES string of the molecule is CCOc1ccc(S(=O)(=O)N(CC(=O)N(Cc2ccc(Cl)c(Cl)c2)[C@H](Cc2ccccc2)C(=O)NC)c2ccc(C)cc2)cc1. The van der Waals surface area contributed by atoms with Crippen LogP contribution in [0.3, 0.4) is 0 Å². The van der Waals surface area contributed by atoms with Crippen molar-refractivity contribution < 1.29 is 22.7 Å². The highest BCUT2D eigenvalue weighted by atomic mass is 35.5. The molecule has 0 aromatic heterocycles. The van der Waals surface area contributed by atoms with Crippen molar-refractivity contribution in [3.63, 3.8) is 0 Å². The number of likely N-dealkylation sites (N-methyl/N-ethyl adjacent to an activating group) is 1. The molecule has 1 atom stereocenters. The molecule has 0 saturated heterocycles. The van der Waals surface area contributed by atoms with Gasteiger partial charge in [-0.2, -0.15) is 0 Å². The maximum atomic E-state index is 14.4. The first-order valence-electron chi connectivity index (χ1n) is 14.3. The van der Waals surface area contributed by atoms with Crippen LogP contribution < -0.4 is 14.4 Å². The molecule has 0 unspecified atom stereocenters. The smallest absolute Gasteiger partial charge is 0.264 e. The van der Waals surface area contributed by atoms with E-state index in [4.69, 9.17) is 27.9 Å². The summed E-state index contributed by atoms with van der Waals surface area (Å²) in [5.74, 6) is -0.458. The third-order valence-corrected chi connectivity index (χ3v) is 9.71. The van der Waals surface area contributed by atoms with Gasteiger partial charge in [-0.15, -0.1) is 0 Å². The van der Waals surface area contributed by atoms with Gasteiger partial charge in [0.15, 0.2) is 0 Å². The number of amides is 2. The van der Waals surface area contributed by atoms with Crippen LogP contribution >= 0.6 is 23.2 Å². The minimum atomic E-state index is -4.23. The van der Waals surface area contributed by atoms with Gasteiger partial charge in [0.05, 0.1) is 27.2 Å². The first kappa shape index (κ1) is 33.8. The molecule has 0 heterocycles. The van der Waals surface area contributed by atoms with Crippen LogP contribution in [0.5, 0.6) is 5.75 Å². The summed E-state index contributed by atoms with van der Waals surface area (Å²) < 4.78 is 34.8. The zero-order valence-electron chi connectivity index (χ0n) is 25.2. The molecule has 1 N–H and O–H groups in total. The van der Waals surface area contributed by atoms with Crippen LogP contribution in [0.15, 0.2) is 102 Å². The van der Waals surface area contributed by atoms with E-state index in [0.29, 0.717) is 33.7 Å². The predicted octanol–water partition coefficient (Wildman–Crippen LogP) is 6.28. The Morgan fingerprint density at radius 1 is 0.867 bits per heavy atom. The predicted molar refractivity (Wildman–Crippen MR) is 178 cm³/mol. The summed E-state index contributed by atoms with van der Waals surface area (Å²) in [6, 6.07) is 26.2. The molecular weight excluding hydrogens is 633 g/mol. The fourth-order valence-electron chi connectivity index (χ4n) is 4.80. The summed E-state index contributed by atoms with van der Waals surface area (Å²) in [4.78, 5) is 29.1. The largest absolute Gasteiger partial charge is 0.494 e. The Morgan fingerprint density at radius 3 is 2.13 bits per heavy atom. The fraction of sp³-hybridized carbons (Fsp3) is 0.235. The molecule has 2 amide bonds. The van der Waals surface area contributed by atoms with Gasteiger partial charge in [-0.25, -0.2) is 8.42 Å². The number of anilines is 1. The van der Waals surface area contributed by atoms with E-state index in [9.17, 15) is 18.0 Å². The molecule has 0 bridgehead atoms. The summed E-state index contributed by atoms with van der Waals surface area (Å²) >= 11 is 12.4. The molecule has 0 fully saturated rings. The molecule has 11 heteroatoms. The van der Waals surface area contributed by atoms with Gasteiger partial charge in [0.1, 0.15) is 18.3 Å². The summed E-state index contributed by atoms with van der Waals surface area (Å²) in [6.07, 6.45) is 0.198. The first-order chi connectivity index (χ1) is 21.5. The van der Waals surface area contributed by atoms with Crippen molar-refractivity contribution in [3.8, 4) is 5.75 Å². The van der Waals surface area contributed by atoms with E-state index >= 15 is 0 Å². The van der Waals surface area contributed by atoms with Crippen molar-refractivity contribution in [2.45, 2.75) is 37.8 Å². The van der Waals surface area contributed by atoms with E-state index in [2.05, 4.69) is 5.32 Å². The molecule has 0 radical (unpaired) electrons. The number of carbonyl (C=O) groups excluding carboxylic acids is 2. The van der Waals surface area contributed by atoms with Crippen molar-refractivity contribution in [1.82, 2.24) is 10.2 Å². The Bertz CT molecular complexity index is 1720. The summed E-state index contributed by atoms with van der Waals surface area (Å²) in [6.45, 7) is 3.56. The lowest BCUT2D eigenvalue weighted by Gasteiger charge is -2.33. The Labute approximate surface area is 274 Å². The van der Waals surface area contributed by atoms with Gasteiger partial charge in [-0.05, 0) is 73.5 Å². The zero-order valence-corrected chi connectivity index (χ0v) is 27.6. The maximum absolute atomic E-state index is 14.4. The van der Waals surface area contributed by atoms with Gasteiger partial charge in [-0.1, -0.05) is 77.3 Å². The Hall–Kier alpha value is -4.05. The van der Waals surface area contributed by atoms with E-state index in [0.717, 1.165) is 15.4 Å². The number of rotatable bonds is 13. The number of nitrogens with one attached hydrogen (secondary N) is 1. The molecule has 0 spiro atoms. The van der Waals surface area contributed by atoms with Crippen LogP contribution in [-0.2, 0) is 32.6 Å². The van der Waals surface area contributed by atoms with Gasteiger partial charge in [0.2, 0.25) is 11.8 Å². The van der Waals surface area contributed by atoms with E-state index in [-0.39, 0.29) is 17.9 Å². The van der Waals surface area contributed by atoms with Gasteiger partial charge in [0, 0.05) is 20.0 Å². The summed E-state index contributed by atoms with van der Waals surface area (Å²) in [5, 5.41) is 3.30. The lowest BCUT2D eigenvalue weighted by Crippen LogP contribution is -2.53. The lowest BCUT2D eigenvalue weighted by atomic mass is 10.0. The van der Waals surface area contributed by atoms with E-state index in [1.807, 2.05) is 44.2 Å². The number of nitrogens with zero attached hydrogens (tertiary/aromatic N) is 2. The fourth-order valence-corrected chi connectivity index (χ4v) is 6.53. The molecule has 4 rings (SSSR count). The Balaban J connectivity index is 1.78. The van der Waals surface area contributed by atoms with Crippen LogP contribution in [0.4, 0.5) is 5.69 Å². The minimum Gasteiger partial charge on any atom is -0.494 e. The van der Waals surface area contributed by atoms with Crippen molar-refractivity contribution >= 4 is 50.7 Å². The van der Waals surface area contributed by atoms with Crippen molar-refractivity contribution in [1.29, 1.82) is 0 Å². The van der Waals surface area contributed by atoms with Crippen molar-refractivity contribution in [2.75, 3.05) is 24.5 Å². The summed E-state index contributed by atoms with van der Waals surface area (Å²) in [7, 11) is -2.73. The second-order valence-electron chi connectivity index (χ2n) is 10.3. The maximum Gasteiger partial charge on any atom is 0.264 e. The second-order valence-corrected chi connectivity index (χ2v) is 13.0. The highest BCUT2D eigenvalue weighted by Crippen LogP contribution is 2.28. The summed E-state index contributed by atoms with van der Waals surface area (Å²) in [5.41, 5.74) is 2.68. The van der Waals surface area contributed by atoms with Gasteiger partial charge < -0.3 is 15.0 Å². The van der Waals surface area contributed by atoms with Gasteiger partial charge >= 0.3 is 0 Å². The molecule has 45 heavy (non-hydrogen) atoms. The van der Waals surface area contributed by atoms with Crippen LogP contribution in [0, 0.1) is 6.92 Å². The molecule has 4 aromatic rings. The molecule has 0 aliphatic heterocycles. The molecule has 4 aromatic carbocycles. The third-order valence-electron chi connectivity index (χ3n) is 7.18. The normalized spacial score (nSPS) is 11.8. The topological polar surface area (TPSA) is 96.0 Å². The number of ether oxygens (including phenoxy) is 1. The van der Waals surface area contributed by atoms with Gasteiger partial charge in [0.25, 0.3) is 10.0 Å². The van der Waals surface area contributed by atoms with Crippen LogP contribution in [0.2, 0.25) is 10.0 Å². The monoisotopic (exact) mass is 667 g/mol. The Morgan fingerprint density at radius 2 is 1.53 bits per heavy atom.